The van der Waals surface area contributed by atoms with E-state index in [2.05, 4.69) is 20.3 Å². The summed E-state index contributed by atoms with van der Waals surface area (Å²) in [6, 6.07) is 13.4. The first-order valence-corrected chi connectivity index (χ1v) is 9.92. The van der Waals surface area contributed by atoms with Gasteiger partial charge in [-0.25, -0.2) is 0 Å². The highest BCUT2D eigenvalue weighted by Crippen LogP contribution is 2.32. The number of nitrogens with one attached hydrogen (secondary N) is 1. The number of fused-ring (bicyclic) bond motifs is 1. The number of amides is 1. The van der Waals surface area contributed by atoms with Crippen LogP contribution in [0.1, 0.15) is 23.7 Å². The molecule has 0 bridgehead atoms. The van der Waals surface area contributed by atoms with E-state index in [4.69, 9.17) is 14.0 Å². The molecule has 3 heterocycles. The zero-order valence-electron chi connectivity index (χ0n) is 17.2. The van der Waals surface area contributed by atoms with Crippen LogP contribution < -0.4 is 9.47 Å². The Kier molecular flexibility index (Phi) is 4.78. The van der Waals surface area contributed by atoms with Crippen LogP contribution in [0.3, 0.4) is 0 Å². The zero-order chi connectivity index (χ0) is 21.4. The van der Waals surface area contributed by atoms with Gasteiger partial charge < -0.3 is 18.9 Å². The highest BCUT2D eigenvalue weighted by atomic mass is 16.5. The van der Waals surface area contributed by atoms with Crippen molar-refractivity contribution in [2.24, 2.45) is 0 Å². The molecular weight excluding hydrogens is 398 g/mol. The molecule has 1 fully saturated rings. The van der Waals surface area contributed by atoms with Crippen LogP contribution >= 0.6 is 0 Å². The van der Waals surface area contributed by atoms with E-state index in [-0.39, 0.29) is 11.8 Å². The van der Waals surface area contributed by atoms with Gasteiger partial charge in [-0.2, -0.15) is 10.1 Å². The molecular formula is C22H21N5O4. The molecule has 1 aliphatic rings. The van der Waals surface area contributed by atoms with E-state index >= 15 is 0 Å². The third-order valence-corrected chi connectivity index (χ3v) is 5.52. The van der Waals surface area contributed by atoms with Gasteiger partial charge in [0.2, 0.25) is 5.91 Å². The van der Waals surface area contributed by atoms with Crippen LogP contribution in [0.4, 0.5) is 0 Å². The molecule has 0 radical (unpaired) electrons. The molecule has 1 amide bonds. The summed E-state index contributed by atoms with van der Waals surface area (Å²) in [7, 11) is 3.19. The summed E-state index contributed by atoms with van der Waals surface area (Å²) in [5, 5.41) is 12.3. The number of ether oxygens (including phenoxy) is 2. The van der Waals surface area contributed by atoms with E-state index in [0.29, 0.717) is 48.4 Å². The average molecular weight is 419 g/mol. The molecule has 0 saturated carbocycles. The van der Waals surface area contributed by atoms with Gasteiger partial charge >= 0.3 is 0 Å². The van der Waals surface area contributed by atoms with Crippen molar-refractivity contribution in [3.8, 4) is 23.1 Å². The third-order valence-electron chi connectivity index (χ3n) is 5.52. The number of hydrogen-bond donors (Lipinski definition) is 1. The fraction of sp³-hybridized carbons (Fsp3) is 0.273. The molecule has 1 aliphatic heterocycles. The Morgan fingerprint density at radius 1 is 1.16 bits per heavy atom. The fourth-order valence-corrected chi connectivity index (χ4v) is 3.92. The lowest BCUT2D eigenvalue weighted by atomic mass is 10.1. The highest BCUT2D eigenvalue weighted by molar-refractivity contribution is 5.90. The van der Waals surface area contributed by atoms with Crippen molar-refractivity contribution in [1.82, 2.24) is 25.2 Å². The summed E-state index contributed by atoms with van der Waals surface area (Å²) in [6.07, 6.45) is 0.341. The second kappa shape index (κ2) is 7.75. The van der Waals surface area contributed by atoms with Gasteiger partial charge in [0.1, 0.15) is 0 Å². The van der Waals surface area contributed by atoms with Crippen LogP contribution in [0, 0.1) is 0 Å². The highest BCUT2D eigenvalue weighted by Gasteiger charge is 2.34. The number of H-pyrrole nitrogens is 1. The topological polar surface area (TPSA) is 106 Å². The summed E-state index contributed by atoms with van der Waals surface area (Å²) in [5.74, 6) is 2.08. The van der Waals surface area contributed by atoms with Crippen LogP contribution in [0.15, 0.2) is 47.0 Å². The van der Waals surface area contributed by atoms with E-state index in [1.807, 2.05) is 42.5 Å². The zero-order valence-corrected chi connectivity index (χ0v) is 17.2. The number of nitrogens with zero attached hydrogens (tertiary/aromatic N) is 4. The van der Waals surface area contributed by atoms with Gasteiger partial charge in [-0.15, -0.1) is 0 Å². The molecule has 9 nitrogen and oxygen atoms in total. The van der Waals surface area contributed by atoms with Gasteiger partial charge in [0, 0.05) is 30.8 Å². The lowest BCUT2D eigenvalue weighted by molar-refractivity contribution is -0.128. The van der Waals surface area contributed by atoms with Gasteiger partial charge in [0.25, 0.3) is 5.89 Å². The molecule has 158 valence electrons. The Morgan fingerprint density at radius 2 is 2.00 bits per heavy atom. The second-order valence-corrected chi connectivity index (χ2v) is 7.44. The number of aromatic amines is 1. The Hall–Kier alpha value is -3.88. The van der Waals surface area contributed by atoms with E-state index < -0.39 is 0 Å². The first-order chi connectivity index (χ1) is 15.2. The van der Waals surface area contributed by atoms with Crippen molar-refractivity contribution >= 4 is 16.8 Å². The normalized spacial score (nSPS) is 16.3. The van der Waals surface area contributed by atoms with Gasteiger partial charge in [0.15, 0.2) is 23.0 Å². The summed E-state index contributed by atoms with van der Waals surface area (Å²) < 4.78 is 16.1. The lowest BCUT2D eigenvalue weighted by Gasteiger charge is -2.17. The molecule has 0 aliphatic carbocycles. The summed E-state index contributed by atoms with van der Waals surface area (Å²) >= 11 is 0. The van der Waals surface area contributed by atoms with Crippen LogP contribution in [-0.2, 0) is 11.3 Å². The molecule has 1 atom stereocenters. The number of carbonyl (C=O) groups excluding carboxylic acids is 1. The third kappa shape index (κ3) is 3.48. The van der Waals surface area contributed by atoms with Crippen molar-refractivity contribution in [2.45, 2.75) is 18.9 Å². The van der Waals surface area contributed by atoms with E-state index in [1.165, 1.54) is 0 Å². The number of aromatic nitrogens is 4. The quantitative estimate of drug-likeness (QED) is 0.512. The fourth-order valence-electron chi connectivity index (χ4n) is 3.92. The van der Waals surface area contributed by atoms with Crippen molar-refractivity contribution in [3.05, 3.63) is 53.9 Å². The number of methoxy groups -OCH3 is 2. The van der Waals surface area contributed by atoms with E-state index in [9.17, 15) is 4.79 Å². The van der Waals surface area contributed by atoms with Gasteiger partial charge in [-0.1, -0.05) is 29.4 Å². The Bertz CT molecular complexity index is 1250. The monoisotopic (exact) mass is 419 g/mol. The molecule has 1 N–H and O–H groups in total. The first kappa shape index (κ1) is 19.1. The lowest BCUT2D eigenvalue weighted by Crippen LogP contribution is -2.24. The Balaban J connectivity index is 1.33. The predicted molar refractivity (Wildman–Crippen MR) is 112 cm³/mol. The van der Waals surface area contributed by atoms with Crippen LogP contribution in [0.2, 0.25) is 0 Å². The number of para-hydroxylation sites is 1. The first-order valence-electron chi connectivity index (χ1n) is 9.92. The van der Waals surface area contributed by atoms with Crippen LogP contribution in [-0.4, -0.2) is 51.9 Å². The summed E-state index contributed by atoms with van der Waals surface area (Å²) in [4.78, 5) is 18.9. The molecule has 5 rings (SSSR count). The Morgan fingerprint density at radius 3 is 2.84 bits per heavy atom. The number of likely N-dealkylation sites (tertiary alicyclic amines) is 1. The minimum Gasteiger partial charge on any atom is -0.493 e. The van der Waals surface area contributed by atoms with E-state index in [0.717, 1.165) is 16.5 Å². The number of benzene rings is 2. The smallest absolute Gasteiger partial charge is 0.279 e. The summed E-state index contributed by atoms with van der Waals surface area (Å²) in [6.45, 7) is 0.998. The predicted octanol–water partition coefficient (Wildman–Crippen LogP) is 3.15. The molecule has 1 saturated heterocycles. The van der Waals surface area contributed by atoms with Crippen molar-refractivity contribution in [1.29, 1.82) is 0 Å². The van der Waals surface area contributed by atoms with Gasteiger partial charge in [-0.3, -0.25) is 9.89 Å². The van der Waals surface area contributed by atoms with E-state index in [1.54, 1.807) is 19.1 Å². The summed E-state index contributed by atoms with van der Waals surface area (Å²) in [5.41, 5.74) is 2.47. The molecule has 2 aromatic heterocycles. The molecule has 2 aromatic carbocycles. The standard InChI is InChI=1S/C22H21N5O4/c1-29-17-8-7-13(9-18(17)30-2)11-27-12-14(10-19(27)28)21-23-22(31-26-21)20-15-5-3-4-6-16(15)24-25-20/h3-9,14H,10-12H2,1-2H3,(H,24,25). The second-order valence-electron chi connectivity index (χ2n) is 7.44. The average Bonchev–Trinajstić information content (AvgIpc) is 3.52. The largest absolute Gasteiger partial charge is 0.493 e. The SMILES string of the molecule is COc1ccc(CN2CC(c3noc(-c4n[nH]c5ccccc45)n3)CC2=O)cc1OC. The maximum atomic E-state index is 12.6. The molecule has 1 unspecified atom stereocenters. The van der Waals surface area contributed by atoms with Crippen molar-refractivity contribution in [3.63, 3.8) is 0 Å². The minimum absolute atomic E-state index is 0.0522. The Labute approximate surface area is 178 Å². The molecule has 0 spiro atoms. The molecule has 9 heteroatoms. The maximum absolute atomic E-state index is 12.6. The van der Waals surface area contributed by atoms with Crippen molar-refractivity contribution < 1.29 is 18.8 Å². The van der Waals surface area contributed by atoms with Gasteiger partial charge in [-0.05, 0) is 23.8 Å². The number of rotatable bonds is 6. The maximum Gasteiger partial charge on any atom is 0.279 e. The minimum atomic E-state index is -0.129. The number of hydrogen-bond acceptors (Lipinski definition) is 7. The van der Waals surface area contributed by atoms with Gasteiger partial charge in [0.05, 0.1) is 19.7 Å². The molecule has 4 aromatic rings. The van der Waals surface area contributed by atoms with Crippen LogP contribution in [0.25, 0.3) is 22.5 Å². The number of carbonyl (C=O) groups is 1. The van der Waals surface area contributed by atoms with Crippen LogP contribution in [0.5, 0.6) is 11.5 Å². The van der Waals surface area contributed by atoms with Crippen molar-refractivity contribution in [2.75, 3.05) is 20.8 Å². The molecule has 31 heavy (non-hydrogen) atoms.